The highest BCUT2D eigenvalue weighted by molar-refractivity contribution is 7.46. The lowest BCUT2D eigenvalue weighted by molar-refractivity contribution is -0.161. The quantitative estimate of drug-likeness (QED) is 0.0362. The maximum Gasteiger partial charge on any atom is 0.469 e. The SMILES string of the molecule is CCC(C)CCCCCCCCCCCCCCCCCCCCC(=O)OC[C@H](COP(=O)(O)O)OC(=O)CCCCCCCCCCC(C)C. The van der Waals surface area contributed by atoms with Crippen LogP contribution < -0.4 is 0 Å². The number of hydrogen-bond donors (Lipinski definition) is 2. The monoisotopic (exact) mass is 747 g/mol. The van der Waals surface area contributed by atoms with Crippen molar-refractivity contribution >= 4 is 19.8 Å². The Bertz CT molecular complexity index is 830. The van der Waals surface area contributed by atoms with Crippen LogP contribution in [0.15, 0.2) is 0 Å². The van der Waals surface area contributed by atoms with Crippen LogP contribution in [0.2, 0.25) is 0 Å². The van der Waals surface area contributed by atoms with Crippen LogP contribution in [0, 0.1) is 11.8 Å². The van der Waals surface area contributed by atoms with Crippen LogP contribution in [-0.2, 0) is 28.2 Å². The molecule has 2 atom stereocenters. The second-order valence-corrected chi connectivity index (χ2v) is 17.0. The van der Waals surface area contributed by atoms with Crippen molar-refractivity contribution in [3.05, 3.63) is 0 Å². The van der Waals surface area contributed by atoms with E-state index in [-0.39, 0.29) is 19.4 Å². The molecule has 0 aliphatic rings. The molecule has 0 amide bonds. The molecule has 0 spiro atoms. The van der Waals surface area contributed by atoms with Gasteiger partial charge in [0.15, 0.2) is 6.10 Å². The number of carbonyl (C=O) groups is 2. The Labute approximate surface area is 315 Å². The Kier molecular flexibility index (Phi) is 35.4. The van der Waals surface area contributed by atoms with Gasteiger partial charge in [0, 0.05) is 12.8 Å². The van der Waals surface area contributed by atoms with E-state index in [0.29, 0.717) is 6.42 Å². The lowest BCUT2D eigenvalue weighted by Gasteiger charge is -2.18. The number of hydrogen-bond acceptors (Lipinski definition) is 6. The van der Waals surface area contributed by atoms with E-state index in [2.05, 4.69) is 32.2 Å². The zero-order valence-electron chi connectivity index (χ0n) is 33.9. The summed E-state index contributed by atoms with van der Waals surface area (Å²) in [6.07, 6.45) is 35.6. The summed E-state index contributed by atoms with van der Waals surface area (Å²) in [6.45, 7) is 8.38. The molecule has 0 bridgehead atoms. The fraction of sp³-hybridized carbons (Fsp3) is 0.952. The molecule has 0 aromatic heterocycles. The van der Waals surface area contributed by atoms with Crippen LogP contribution in [-0.4, -0.2) is 41.0 Å². The molecule has 0 heterocycles. The number of ether oxygens (including phenoxy) is 2. The van der Waals surface area contributed by atoms with Gasteiger partial charge < -0.3 is 19.3 Å². The standard InChI is InChI=1S/C42H83O8P/c1-5-39(4)33-29-25-21-16-14-12-10-8-6-7-9-11-13-15-17-22-26-30-34-41(43)48-36-40(37-49-51(45,46)47)50-42(44)35-31-27-23-19-18-20-24-28-32-38(2)3/h38-40H,5-37H2,1-4H3,(H2,45,46,47)/t39?,40-/m1/s1. The highest BCUT2D eigenvalue weighted by Crippen LogP contribution is 2.36. The largest absolute Gasteiger partial charge is 0.469 e. The lowest BCUT2D eigenvalue weighted by Crippen LogP contribution is -2.29. The van der Waals surface area contributed by atoms with Crippen molar-refractivity contribution in [3.8, 4) is 0 Å². The first kappa shape index (κ1) is 50.1. The highest BCUT2D eigenvalue weighted by atomic mass is 31.2. The van der Waals surface area contributed by atoms with Gasteiger partial charge in [-0.1, -0.05) is 201 Å². The van der Waals surface area contributed by atoms with Gasteiger partial charge in [-0.2, -0.15) is 0 Å². The van der Waals surface area contributed by atoms with Crippen LogP contribution in [0.1, 0.15) is 227 Å². The third kappa shape index (κ3) is 40.1. The Morgan fingerprint density at radius 3 is 1.24 bits per heavy atom. The van der Waals surface area contributed by atoms with Gasteiger partial charge in [-0.3, -0.25) is 14.1 Å². The van der Waals surface area contributed by atoms with Crippen LogP contribution in [0.4, 0.5) is 0 Å². The van der Waals surface area contributed by atoms with Crippen LogP contribution in [0.3, 0.4) is 0 Å². The number of unbranched alkanes of at least 4 members (excludes halogenated alkanes) is 24. The predicted octanol–water partition coefficient (Wildman–Crippen LogP) is 13.0. The number of rotatable bonds is 39. The Morgan fingerprint density at radius 2 is 0.863 bits per heavy atom. The molecule has 0 aliphatic carbocycles. The zero-order valence-corrected chi connectivity index (χ0v) is 34.8. The van der Waals surface area contributed by atoms with Gasteiger partial charge in [-0.05, 0) is 24.7 Å². The molecule has 0 radical (unpaired) electrons. The second-order valence-electron chi connectivity index (χ2n) is 15.8. The van der Waals surface area contributed by atoms with Crippen molar-refractivity contribution in [1.82, 2.24) is 0 Å². The van der Waals surface area contributed by atoms with Crippen molar-refractivity contribution in [2.24, 2.45) is 11.8 Å². The number of phosphoric acid groups is 1. The molecule has 0 saturated carbocycles. The minimum Gasteiger partial charge on any atom is -0.462 e. The number of phosphoric ester groups is 1. The molecule has 8 nitrogen and oxygen atoms in total. The molecule has 0 fully saturated rings. The minimum absolute atomic E-state index is 0.216. The summed E-state index contributed by atoms with van der Waals surface area (Å²) in [6, 6.07) is 0. The summed E-state index contributed by atoms with van der Waals surface area (Å²) in [4.78, 5) is 42.8. The molecule has 9 heteroatoms. The first-order chi connectivity index (χ1) is 24.5. The zero-order chi connectivity index (χ0) is 37.8. The van der Waals surface area contributed by atoms with Crippen LogP contribution >= 0.6 is 7.82 Å². The van der Waals surface area contributed by atoms with Gasteiger partial charge in [-0.25, -0.2) is 4.57 Å². The van der Waals surface area contributed by atoms with Crippen molar-refractivity contribution in [2.45, 2.75) is 233 Å². The number of esters is 2. The normalized spacial score (nSPS) is 13.1. The van der Waals surface area contributed by atoms with E-state index in [4.69, 9.17) is 19.3 Å². The van der Waals surface area contributed by atoms with Crippen molar-refractivity contribution in [2.75, 3.05) is 13.2 Å². The van der Waals surface area contributed by atoms with Crippen molar-refractivity contribution < 1.29 is 37.9 Å². The van der Waals surface area contributed by atoms with E-state index in [9.17, 15) is 14.2 Å². The van der Waals surface area contributed by atoms with Crippen molar-refractivity contribution in [1.29, 1.82) is 0 Å². The second kappa shape index (κ2) is 36.0. The van der Waals surface area contributed by atoms with E-state index in [1.165, 1.54) is 141 Å². The van der Waals surface area contributed by atoms with Gasteiger partial charge in [0.2, 0.25) is 0 Å². The van der Waals surface area contributed by atoms with E-state index < -0.39 is 32.5 Å². The topological polar surface area (TPSA) is 119 Å². The smallest absolute Gasteiger partial charge is 0.462 e. The average molecular weight is 747 g/mol. The van der Waals surface area contributed by atoms with Gasteiger partial charge in [0.1, 0.15) is 6.61 Å². The third-order valence-electron chi connectivity index (χ3n) is 10.1. The Balaban J connectivity index is 3.78. The lowest BCUT2D eigenvalue weighted by atomic mass is 9.99. The third-order valence-corrected chi connectivity index (χ3v) is 10.6. The van der Waals surface area contributed by atoms with E-state index in [1.807, 2.05) is 0 Å². The summed E-state index contributed by atoms with van der Waals surface area (Å²) in [5, 5.41) is 0. The van der Waals surface area contributed by atoms with Crippen molar-refractivity contribution in [3.63, 3.8) is 0 Å². The minimum atomic E-state index is -4.74. The van der Waals surface area contributed by atoms with Gasteiger partial charge in [0.25, 0.3) is 0 Å². The van der Waals surface area contributed by atoms with Gasteiger partial charge in [0.05, 0.1) is 6.61 Å². The molecule has 0 aromatic carbocycles. The van der Waals surface area contributed by atoms with E-state index >= 15 is 0 Å². The summed E-state index contributed by atoms with van der Waals surface area (Å²) >= 11 is 0. The molecular weight excluding hydrogens is 663 g/mol. The predicted molar refractivity (Wildman–Crippen MR) is 212 cm³/mol. The molecule has 51 heavy (non-hydrogen) atoms. The summed E-state index contributed by atoms with van der Waals surface area (Å²) < 4.78 is 26.4. The highest BCUT2D eigenvalue weighted by Gasteiger charge is 2.23. The Morgan fingerprint density at radius 1 is 0.510 bits per heavy atom. The summed E-state index contributed by atoms with van der Waals surface area (Å²) in [5.41, 5.74) is 0. The molecule has 1 unspecified atom stereocenters. The first-order valence-corrected chi connectivity index (χ1v) is 23.1. The molecule has 0 rings (SSSR count). The fourth-order valence-corrected chi connectivity index (χ4v) is 6.84. The molecule has 0 saturated heterocycles. The summed E-state index contributed by atoms with van der Waals surface area (Å²) in [5.74, 6) is 0.799. The number of carbonyl (C=O) groups excluding carboxylic acids is 2. The van der Waals surface area contributed by atoms with E-state index in [0.717, 1.165) is 50.4 Å². The summed E-state index contributed by atoms with van der Waals surface area (Å²) in [7, 11) is -4.74. The van der Waals surface area contributed by atoms with Crippen LogP contribution in [0.5, 0.6) is 0 Å². The molecular formula is C42H83O8P. The molecule has 304 valence electrons. The molecule has 0 aliphatic heterocycles. The molecule has 0 aromatic rings. The van der Waals surface area contributed by atoms with Gasteiger partial charge in [-0.15, -0.1) is 0 Å². The average Bonchev–Trinajstić information content (AvgIpc) is 3.08. The van der Waals surface area contributed by atoms with E-state index in [1.54, 1.807) is 0 Å². The fourth-order valence-electron chi connectivity index (χ4n) is 6.48. The van der Waals surface area contributed by atoms with Gasteiger partial charge >= 0.3 is 19.8 Å². The first-order valence-electron chi connectivity index (χ1n) is 21.6. The maximum absolute atomic E-state index is 12.4. The maximum atomic E-state index is 12.4. The van der Waals surface area contributed by atoms with Crippen LogP contribution in [0.25, 0.3) is 0 Å². The molecule has 2 N–H and O–H groups in total. The Hall–Kier alpha value is -0.950.